The fourth-order valence-corrected chi connectivity index (χ4v) is 3.02. The van der Waals surface area contributed by atoms with Gasteiger partial charge in [0, 0.05) is 47.6 Å². The molecule has 2 N–H and O–H groups in total. The monoisotopic (exact) mass is 255 g/mol. The lowest BCUT2D eigenvalue weighted by Crippen LogP contribution is -2.21. The summed E-state index contributed by atoms with van der Waals surface area (Å²) in [6.45, 7) is 6.93. The van der Waals surface area contributed by atoms with E-state index in [-0.39, 0.29) is 0 Å². The van der Waals surface area contributed by atoms with Crippen molar-refractivity contribution in [1.82, 2.24) is 4.98 Å². The third-order valence-corrected chi connectivity index (χ3v) is 4.34. The maximum absolute atomic E-state index is 6.04. The smallest absolute Gasteiger partial charge is 0.0448 e. The number of rotatable bonds is 2. The number of anilines is 2. The number of aromatic nitrogens is 1. The van der Waals surface area contributed by atoms with Crippen molar-refractivity contribution in [3.8, 4) is 0 Å². The van der Waals surface area contributed by atoms with Gasteiger partial charge in [-0.15, -0.1) is 0 Å². The molecule has 2 heterocycles. The molecule has 100 valence electrons. The molecule has 1 aliphatic rings. The van der Waals surface area contributed by atoms with Crippen LogP contribution >= 0.6 is 0 Å². The van der Waals surface area contributed by atoms with E-state index < -0.39 is 0 Å². The van der Waals surface area contributed by atoms with Gasteiger partial charge in [0.05, 0.1) is 0 Å². The average molecular weight is 255 g/mol. The van der Waals surface area contributed by atoms with Gasteiger partial charge in [-0.3, -0.25) is 4.98 Å². The Bertz CT molecular complexity index is 592. The zero-order valence-corrected chi connectivity index (χ0v) is 11.6. The molecule has 0 saturated carbocycles. The minimum Gasteiger partial charge on any atom is -0.398 e. The lowest BCUT2D eigenvalue weighted by atomic mass is 9.95. The summed E-state index contributed by atoms with van der Waals surface area (Å²) in [7, 11) is 0. The molecule has 1 unspecified atom stereocenters. The Balaban J connectivity index is 2.00. The summed E-state index contributed by atoms with van der Waals surface area (Å²) in [5.41, 5.74) is 8.15. The topological polar surface area (TPSA) is 42.1 Å². The van der Waals surface area contributed by atoms with Crippen LogP contribution in [-0.4, -0.2) is 18.1 Å². The summed E-state index contributed by atoms with van der Waals surface area (Å²) in [4.78, 5) is 6.68. The van der Waals surface area contributed by atoms with Gasteiger partial charge in [0.25, 0.3) is 0 Å². The fraction of sp³-hybridized carbons (Fsp3) is 0.438. The van der Waals surface area contributed by atoms with Crippen molar-refractivity contribution in [3.05, 3.63) is 30.6 Å². The van der Waals surface area contributed by atoms with Crippen LogP contribution < -0.4 is 10.6 Å². The van der Waals surface area contributed by atoms with Crippen LogP contribution in [0.25, 0.3) is 10.8 Å². The zero-order chi connectivity index (χ0) is 13.4. The first-order valence-electron chi connectivity index (χ1n) is 7.04. The second-order valence-electron chi connectivity index (χ2n) is 5.83. The van der Waals surface area contributed by atoms with Crippen molar-refractivity contribution in [2.75, 3.05) is 23.7 Å². The molecule has 1 atom stereocenters. The standard InChI is InChI=1S/C16H21N3/c1-11(2)12-6-8-19(10-12)16-4-3-15(17)14-9-18-7-5-13(14)16/h3-5,7,9,11-12H,6,8,10,17H2,1-2H3. The maximum Gasteiger partial charge on any atom is 0.0448 e. The van der Waals surface area contributed by atoms with Gasteiger partial charge in [-0.25, -0.2) is 0 Å². The predicted molar refractivity (Wildman–Crippen MR) is 81.3 cm³/mol. The quantitative estimate of drug-likeness (QED) is 0.837. The minimum atomic E-state index is 0.756. The Morgan fingerprint density at radius 1 is 1.26 bits per heavy atom. The Labute approximate surface area is 114 Å². The number of fused-ring (bicyclic) bond motifs is 1. The summed E-state index contributed by atoms with van der Waals surface area (Å²) in [6.07, 6.45) is 5.00. The van der Waals surface area contributed by atoms with E-state index in [0.29, 0.717) is 0 Å². The van der Waals surface area contributed by atoms with Gasteiger partial charge in [-0.1, -0.05) is 13.8 Å². The minimum absolute atomic E-state index is 0.756. The predicted octanol–water partition coefficient (Wildman–Crippen LogP) is 3.30. The summed E-state index contributed by atoms with van der Waals surface area (Å²) in [6, 6.07) is 6.23. The largest absolute Gasteiger partial charge is 0.398 e. The molecule has 19 heavy (non-hydrogen) atoms. The van der Waals surface area contributed by atoms with Crippen LogP contribution in [0.3, 0.4) is 0 Å². The van der Waals surface area contributed by atoms with Gasteiger partial charge in [0.2, 0.25) is 0 Å². The van der Waals surface area contributed by atoms with E-state index in [1.165, 1.54) is 17.5 Å². The molecule has 0 spiro atoms. The molecule has 1 saturated heterocycles. The number of benzene rings is 1. The van der Waals surface area contributed by atoms with E-state index in [1.54, 1.807) is 0 Å². The fourth-order valence-electron chi connectivity index (χ4n) is 3.02. The molecule has 1 aliphatic heterocycles. The summed E-state index contributed by atoms with van der Waals surface area (Å²) < 4.78 is 0. The average Bonchev–Trinajstić information content (AvgIpc) is 2.89. The zero-order valence-electron chi connectivity index (χ0n) is 11.6. The molecular weight excluding hydrogens is 234 g/mol. The first-order chi connectivity index (χ1) is 9.16. The molecule has 0 radical (unpaired) electrons. The summed E-state index contributed by atoms with van der Waals surface area (Å²) in [5.74, 6) is 1.56. The van der Waals surface area contributed by atoms with E-state index in [4.69, 9.17) is 5.73 Å². The molecule has 1 aromatic carbocycles. The highest BCUT2D eigenvalue weighted by Crippen LogP contribution is 2.34. The van der Waals surface area contributed by atoms with Crippen molar-refractivity contribution in [1.29, 1.82) is 0 Å². The lowest BCUT2D eigenvalue weighted by Gasteiger charge is -2.22. The molecular formula is C16H21N3. The number of nitrogens with zero attached hydrogens (tertiary/aromatic N) is 2. The highest BCUT2D eigenvalue weighted by molar-refractivity contribution is 6.00. The van der Waals surface area contributed by atoms with E-state index in [1.807, 2.05) is 18.5 Å². The first kappa shape index (κ1) is 12.3. The number of nitrogens with two attached hydrogens (primary N) is 1. The third kappa shape index (κ3) is 2.14. The van der Waals surface area contributed by atoms with Gasteiger partial charge in [-0.2, -0.15) is 0 Å². The Hall–Kier alpha value is -1.77. The second-order valence-corrected chi connectivity index (χ2v) is 5.83. The molecule has 3 rings (SSSR count). The SMILES string of the molecule is CC(C)C1CCN(c2ccc(N)c3cnccc23)C1. The van der Waals surface area contributed by atoms with Crippen LogP contribution in [-0.2, 0) is 0 Å². The molecule has 0 bridgehead atoms. The van der Waals surface area contributed by atoms with Gasteiger partial charge in [0.1, 0.15) is 0 Å². The van der Waals surface area contributed by atoms with E-state index in [2.05, 4.69) is 35.9 Å². The van der Waals surface area contributed by atoms with Crippen LogP contribution in [0.2, 0.25) is 0 Å². The number of hydrogen-bond donors (Lipinski definition) is 1. The molecule has 1 fully saturated rings. The third-order valence-electron chi connectivity index (χ3n) is 4.34. The van der Waals surface area contributed by atoms with Crippen molar-refractivity contribution in [2.45, 2.75) is 20.3 Å². The Morgan fingerprint density at radius 2 is 2.11 bits per heavy atom. The lowest BCUT2D eigenvalue weighted by molar-refractivity contribution is 0.423. The maximum atomic E-state index is 6.04. The molecule has 1 aromatic heterocycles. The Kier molecular flexibility index (Phi) is 3.05. The van der Waals surface area contributed by atoms with Gasteiger partial charge in [-0.05, 0) is 36.5 Å². The van der Waals surface area contributed by atoms with Crippen LogP contribution in [0, 0.1) is 11.8 Å². The van der Waals surface area contributed by atoms with Crippen molar-refractivity contribution < 1.29 is 0 Å². The number of hydrogen-bond acceptors (Lipinski definition) is 3. The normalized spacial score (nSPS) is 19.5. The van der Waals surface area contributed by atoms with Crippen molar-refractivity contribution in [2.24, 2.45) is 11.8 Å². The van der Waals surface area contributed by atoms with Crippen LogP contribution in [0.1, 0.15) is 20.3 Å². The van der Waals surface area contributed by atoms with Crippen LogP contribution in [0.15, 0.2) is 30.6 Å². The van der Waals surface area contributed by atoms with Gasteiger partial charge in [0.15, 0.2) is 0 Å². The molecule has 3 heteroatoms. The van der Waals surface area contributed by atoms with Gasteiger partial charge >= 0.3 is 0 Å². The molecule has 0 aliphatic carbocycles. The van der Waals surface area contributed by atoms with Crippen molar-refractivity contribution in [3.63, 3.8) is 0 Å². The van der Waals surface area contributed by atoms with Crippen LogP contribution in [0.5, 0.6) is 0 Å². The van der Waals surface area contributed by atoms with E-state index in [9.17, 15) is 0 Å². The number of pyridine rings is 1. The number of nitrogen functional groups attached to an aromatic ring is 1. The molecule has 0 amide bonds. The molecule has 3 nitrogen and oxygen atoms in total. The Morgan fingerprint density at radius 3 is 2.84 bits per heavy atom. The van der Waals surface area contributed by atoms with Crippen LogP contribution in [0.4, 0.5) is 11.4 Å². The van der Waals surface area contributed by atoms with Gasteiger partial charge < -0.3 is 10.6 Å². The summed E-state index contributed by atoms with van der Waals surface area (Å²) >= 11 is 0. The summed E-state index contributed by atoms with van der Waals surface area (Å²) in [5, 5.41) is 2.28. The first-order valence-corrected chi connectivity index (χ1v) is 7.04. The highest BCUT2D eigenvalue weighted by Gasteiger charge is 2.25. The van der Waals surface area contributed by atoms with Crippen molar-refractivity contribution >= 4 is 22.1 Å². The van der Waals surface area contributed by atoms with E-state index in [0.717, 1.165) is 36.0 Å². The van der Waals surface area contributed by atoms with E-state index >= 15 is 0 Å². The second kappa shape index (κ2) is 4.72. The molecule has 2 aromatic rings. The highest BCUT2D eigenvalue weighted by atomic mass is 15.2.